The molecule has 0 radical (unpaired) electrons. The first-order valence-electron chi connectivity index (χ1n) is 10.9. The molecule has 6 rings (SSSR count). The largest absolute Gasteiger partial charge is 0.503 e. The van der Waals surface area contributed by atoms with Crippen LogP contribution in [-0.2, 0) is 4.79 Å². The Hall–Kier alpha value is -3.65. The summed E-state index contributed by atoms with van der Waals surface area (Å²) in [6.45, 7) is 1.92. The molecule has 2 aromatic heterocycles. The third kappa shape index (κ3) is 3.67. The fourth-order valence-electron chi connectivity index (χ4n) is 4.44. The van der Waals surface area contributed by atoms with Crippen LogP contribution in [0.5, 0.6) is 0 Å². The lowest BCUT2D eigenvalue weighted by Gasteiger charge is -2.24. The van der Waals surface area contributed by atoms with E-state index >= 15 is 0 Å². The molecule has 5 aromatic rings. The van der Waals surface area contributed by atoms with Gasteiger partial charge in [-0.15, -0.1) is 0 Å². The van der Waals surface area contributed by atoms with Gasteiger partial charge in [0.05, 0.1) is 21.8 Å². The molecule has 36 heavy (non-hydrogen) atoms. The van der Waals surface area contributed by atoms with Crippen LogP contribution < -0.4 is 4.90 Å². The van der Waals surface area contributed by atoms with Gasteiger partial charge in [0.15, 0.2) is 16.7 Å². The molecule has 0 saturated heterocycles. The average molecular weight is 535 g/mol. The van der Waals surface area contributed by atoms with E-state index in [0.717, 1.165) is 10.3 Å². The minimum absolute atomic E-state index is 0.00259. The molecule has 0 bridgehead atoms. The molecule has 0 aliphatic carbocycles. The van der Waals surface area contributed by atoms with E-state index in [0.29, 0.717) is 37.2 Å². The number of nitrogens with zero attached hydrogens (tertiary/aromatic N) is 2. The number of aromatic nitrogens is 1. The highest BCUT2D eigenvalue weighted by molar-refractivity contribution is 7.22. The van der Waals surface area contributed by atoms with Crippen LogP contribution in [0.1, 0.15) is 27.7 Å². The smallest absolute Gasteiger partial charge is 0.296 e. The summed E-state index contributed by atoms with van der Waals surface area (Å²) in [5.41, 5.74) is 2.65. The predicted molar refractivity (Wildman–Crippen MR) is 141 cm³/mol. The lowest BCUT2D eigenvalue weighted by Crippen LogP contribution is -2.31. The van der Waals surface area contributed by atoms with Crippen LogP contribution in [-0.4, -0.2) is 21.8 Å². The first-order valence-corrected chi connectivity index (χ1v) is 12.5. The molecule has 1 unspecified atom stereocenters. The maximum atomic E-state index is 13.8. The summed E-state index contributed by atoms with van der Waals surface area (Å²) in [5.74, 6) is -1.94. The fraction of sp³-hybridized carbons (Fsp3) is 0.0741. The van der Waals surface area contributed by atoms with Gasteiger partial charge >= 0.3 is 0 Å². The summed E-state index contributed by atoms with van der Waals surface area (Å²) < 4.78 is 6.56. The lowest BCUT2D eigenvalue weighted by molar-refractivity contribution is -0.117. The summed E-state index contributed by atoms with van der Waals surface area (Å²) in [4.78, 5) is 33.2. The molecular weight excluding hydrogens is 519 g/mol. The van der Waals surface area contributed by atoms with Gasteiger partial charge in [0.1, 0.15) is 5.58 Å². The van der Waals surface area contributed by atoms with Crippen LogP contribution in [0.3, 0.4) is 0 Å². The quantitative estimate of drug-likeness (QED) is 0.242. The van der Waals surface area contributed by atoms with Gasteiger partial charge in [-0.2, -0.15) is 0 Å². The molecule has 1 N–H and O–H groups in total. The maximum Gasteiger partial charge on any atom is 0.296 e. The van der Waals surface area contributed by atoms with Gasteiger partial charge in [-0.3, -0.25) is 14.5 Å². The predicted octanol–water partition coefficient (Wildman–Crippen LogP) is 7.44. The zero-order valence-corrected chi connectivity index (χ0v) is 21.0. The molecule has 0 saturated carbocycles. The van der Waals surface area contributed by atoms with Crippen molar-refractivity contribution in [3.8, 4) is 0 Å². The Morgan fingerprint density at radius 2 is 1.83 bits per heavy atom. The number of Topliss-reactive ketones (excluding diaryl/α,β-unsaturated/α-hetero) is 1. The van der Waals surface area contributed by atoms with Crippen molar-refractivity contribution in [1.29, 1.82) is 0 Å². The van der Waals surface area contributed by atoms with Crippen molar-refractivity contribution in [2.24, 2.45) is 0 Å². The molecule has 0 fully saturated rings. The molecule has 0 spiro atoms. The van der Waals surface area contributed by atoms with Crippen molar-refractivity contribution in [3.63, 3.8) is 0 Å². The summed E-state index contributed by atoms with van der Waals surface area (Å²) >= 11 is 13.5. The average Bonchev–Trinajstić information content (AvgIpc) is 3.52. The molecule has 1 aliphatic rings. The third-order valence-corrected chi connectivity index (χ3v) is 7.55. The Morgan fingerprint density at radius 1 is 1.06 bits per heavy atom. The van der Waals surface area contributed by atoms with Crippen molar-refractivity contribution in [3.05, 3.63) is 105 Å². The molecule has 3 heterocycles. The zero-order chi connectivity index (χ0) is 25.1. The number of carbonyl (C=O) groups is 2. The van der Waals surface area contributed by atoms with Gasteiger partial charge in [-0.1, -0.05) is 64.4 Å². The van der Waals surface area contributed by atoms with Crippen molar-refractivity contribution in [2.75, 3.05) is 4.90 Å². The first kappa shape index (κ1) is 22.8. The minimum atomic E-state index is -0.905. The van der Waals surface area contributed by atoms with Gasteiger partial charge in [0, 0.05) is 15.4 Å². The number of aryl methyl sites for hydroxylation is 1. The van der Waals surface area contributed by atoms with E-state index in [1.807, 2.05) is 31.2 Å². The van der Waals surface area contributed by atoms with Crippen LogP contribution in [0.2, 0.25) is 10.0 Å². The lowest BCUT2D eigenvalue weighted by atomic mass is 9.94. The van der Waals surface area contributed by atoms with Gasteiger partial charge in [-0.05, 0) is 55.0 Å². The van der Waals surface area contributed by atoms with E-state index in [2.05, 4.69) is 4.98 Å². The molecule has 178 valence electrons. The second-order valence-corrected chi connectivity index (χ2v) is 10.4. The number of rotatable bonds is 4. The van der Waals surface area contributed by atoms with E-state index in [1.165, 1.54) is 16.2 Å². The van der Waals surface area contributed by atoms with Gasteiger partial charge in [0.2, 0.25) is 5.78 Å². The van der Waals surface area contributed by atoms with Crippen molar-refractivity contribution in [1.82, 2.24) is 4.98 Å². The Labute approximate surface area is 219 Å². The second kappa shape index (κ2) is 8.48. The molecule has 3 aromatic carbocycles. The maximum absolute atomic E-state index is 13.8. The number of furan rings is 1. The SMILES string of the molecule is Cc1cccc(C2C(C(=O)c3cc4cc(Cl)ccc4o3)=C(O)C(=O)N2c2nc3ccc(Cl)cc3s2)c1. The number of carbonyl (C=O) groups excluding carboxylic acids is 2. The number of ketones is 1. The summed E-state index contributed by atoms with van der Waals surface area (Å²) in [7, 11) is 0. The number of hydrogen-bond acceptors (Lipinski definition) is 6. The van der Waals surface area contributed by atoms with Crippen LogP contribution in [0, 0.1) is 6.92 Å². The Morgan fingerprint density at radius 3 is 2.64 bits per heavy atom. The van der Waals surface area contributed by atoms with Crippen LogP contribution in [0.25, 0.3) is 21.2 Å². The highest BCUT2D eigenvalue weighted by Gasteiger charge is 2.46. The summed E-state index contributed by atoms with van der Waals surface area (Å²) in [6, 6.07) is 18.3. The number of hydrogen-bond donors (Lipinski definition) is 1. The van der Waals surface area contributed by atoms with E-state index in [9.17, 15) is 14.7 Å². The van der Waals surface area contributed by atoms with Crippen molar-refractivity contribution < 1.29 is 19.1 Å². The van der Waals surface area contributed by atoms with E-state index in [1.54, 1.807) is 42.5 Å². The Balaban J connectivity index is 1.51. The van der Waals surface area contributed by atoms with Crippen LogP contribution in [0.15, 0.2) is 82.5 Å². The number of aliphatic hydroxyl groups is 1. The summed E-state index contributed by atoms with van der Waals surface area (Å²) in [6.07, 6.45) is 0. The normalized spacial score (nSPS) is 16.0. The Kier molecular flexibility index (Phi) is 5.37. The molecular formula is C27H16Cl2N2O4S. The number of anilines is 1. The molecule has 1 amide bonds. The molecule has 1 atom stereocenters. The van der Waals surface area contributed by atoms with Gasteiger partial charge in [-0.25, -0.2) is 4.98 Å². The van der Waals surface area contributed by atoms with Gasteiger partial charge < -0.3 is 9.52 Å². The minimum Gasteiger partial charge on any atom is -0.503 e. The Bertz CT molecular complexity index is 1750. The number of aliphatic hydroxyl groups excluding tert-OH is 1. The zero-order valence-electron chi connectivity index (χ0n) is 18.7. The van der Waals surface area contributed by atoms with E-state index in [4.69, 9.17) is 27.6 Å². The van der Waals surface area contributed by atoms with E-state index in [-0.39, 0.29) is 11.3 Å². The first-order chi connectivity index (χ1) is 17.3. The number of halogens is 2. The second-order valence-electron chi connectivity index (χ2n) is 8.48. The topological polar surface area (TPSA) is 83.6 Å². The fourth-order valence-corrected chi connectivity index (χ4v) is 5.89. The standard InChI is InChI=1S/C27H16Cl2N2O4S/c1-13-3-2-4-14(9-13)23-22(24(32)20-11-15-10-16(28)6-8-19(15)35-20)25(33)26(34)31(23)27-30-18-7-5-17(29)12-21(18)36-27/h2-12,23,33H,1H3. The molecule has 6 nitrogen and oxygen atoms in total. The monoisotopic (exact) mass is 534 g/mol. The number of fused-ring (bicyclic) bond motifs is 2. The number of benzene rings is 3. The van der Waals surface area contributed by atoms with E-state index < -0.39 is 23.5 Å². The van der Waals surface area contributed by atoms with Crippen molar-refractivity contribution >= 4 is 72.5 Å². The van der Waals surface area contributed by atoms with Crippen molar-refractivity contribution in [2.45, 2.75) is 13.0 Å². The van der Waals surface area contributed by atoms with Crippen LogP contribution in [0.4, 0.5) is 5.13 Å². The van der Waals surface area contributed by atoms with Crippen LogP contribution >= 0.6 is 34.5 Å². The highest BCUT2D eigenvalue weighted by Crippen LogP contribution is 2.45. The molecule has 1 aliphatic heterocycles. The number of thiazole rings is 1. The highest BCUT2D eigenvalue weighted by atomic mass is 35.5. The molecule has 9 heteroatoms. The summed E-state index contributed by atoms with van der Waals surface area (Å²) in [5, 5.41) is 13.0. The third-order valence-electron chi connectivity index (χ3n) is 6.06. The number of amides is 1. The van der Waals surface area contributed by atoms with Gasteiger partial charge in [0.25, 0.3) is 5.91 Å².